The van der Waals surface area contributed by atoms with Gasteiger partial charge < -0.3 is 14.8 Å². The van der Waals surface area contributed by atoms with Crippen molar-refractivity contribution >= 4 is 44.0 Å². The van der Waals surface area contributed by atoms with Gasteiger partial charge in [0.05, 0.1) is 25.6 Å². The summed E-state index contributed by atoms with van der Waals surface area (Å²) in [6.07, 6.45) is 1.30. The van der Waals surface area contributed by atoms with Gasteiger partial charge in [-0.15, -0.1) is 0 Å². The molecular formula is C24H27ClN2O5S. The second kappa shape index (κ2) is 10.8. The first-order chi connectivity index (χ1) is 15.8. The fraction of sp³-hybridized carbons (Fsp3) is 0.292. The Morgan fingerprint density at radius 1 is 1.09 bits per heavy atom. The van der Waals surface area contributed by atoms with Crippen LogP contribution in [-0.2, 0) is 14.8 Å². The summed E-state index contributed by atoms with van der Waals surface area (Å²) in [5.74, 6) is 0.581. The fourth-order valence-electron chi connectivity index (χ4n) is 3.65. The summed E-state index contributed by atoms with van der Waals surface area (Å²) in [6, 6.07) is 17.3. The maximum absolute atomic E-state index is 13.0. The maximum Gasteiger partial charge on any atom is 0.244 e. The number of fused-ring (bicyclic) bond motifs is 1. The molecule has 9 heteroatoms. The summed E-state index contributed by atoms with van der Waals surface area (Å²) in [5.41, 5.74) is 0.210. The van der Waals surface area contributed by atoms with Crippen molar-refractivity contribution in [2.75, 3.05) is 30.8 Å². The van der Waals surface area contributed by atoms with E-state index in [0.29, 0.717) is 10.8 Å². The number of hydrogen-bond acceptors (Lipinski definition) is 5. The normalized spacial score (nSPS) is 12.2. The Hall–Kier alpha value is -2.97. The molecule has 1 atom stereocenters. The molecule has 0 heterocycles. The third-order valence-electron chi connectivity index (χ3n) is 5.12. The summed E-state index contributed by atoms with van der Waals surface area (Å²) >= 11 is 6.10. The van der Waals surface area contributed by atoms with Gasteiger partial charge in [0.2, 0.25) is 15.9 Å². The lowest BCUT2D eigenvalue weighted by Gasteiger charge is -2.31. The van der Waals surface area contributed by atoms with Crippen molar-refractivity contribution in [3.8, 4) is 11.5 Å². The van der Waals surface area contributed by atoms with E-state index in [4.69, 9.17) is 21.1 Å². The lowest BCUT2D eigenvalue weighted by Crippen LogP contribution is -2.50. The Labute approximate surface area is 199 Å². The van der Waals surface area contributed by atoms with Crippen LogP contribution in [0, 0.1) is 0 Å². The van der Waals surface area contributed by atoms with E-state index in [-0.39, 0.29) is 25.3 Å². The van der Waals surface area contributed by atoms with Crippen molar-refractivity contribution in [1.29, 1.82) is 0 Å². The van der Waals surface area contributed by atoms with E-state index in [0.717, 1.165) is 27.1 Å². The molecule has 7 nitrogen and oxygen atoms in total. The quantitative estimate of drug-likeness (QED) is 0.430. The smallest absolute Gasteiger partial charge is 0.244 e. The Morgan fingerprint density at radius 3 is 2.52 bits per heavy atom. The molecule has 0 fully saturated rings. The van der Waals surface area contributed by atoms with Crippen LogP contribution in [0.1, 0.15) is 13.3 Å². The van der Waals surface area contributed by atoms with Gasteiger partial charge in [-0.2, -0.15) is 0 Å². The second-order valence-corrected chi connectivity index (χ2v) is 9.71. The molecule has 3 aromatic carbocycles. The zero-order valence-corrected chi connectivity index (χ0v) is 20.3. The first-order valence-electron chi connectivity index (χ1n) is 10.5. The third-order valence-corrected chi connectivity index (χ3v) is 6.52. The molecule has 0 aliphatic carbocycles. The fourth-order valence-corrected chi connectivity index (χ4v) is 5.02. The van der Waals surface area contributed by atoms with Crippen LogP contribution in [-0.4, -0.2) is 46.9 Å². The van der Waals surface area contributed by atoms with Gasteiger partial charge in [-0.1, -0.05) is 54.9 Å². The summed E-state index contributed by atoms with van der Waals surface area (Å²) in [5, 5.41) is 5.15. The zero-order valence-electron chi connectivity index (χ0n) is 18.7. The van der Waals surface area contributed by atoms with E-state index in [2.05, 4.69) is 5.32 Å². The Bertz CT molecular complexity index is 1230. The highest BCUT2D eigenvalue weighted by atomic mass is 35.5. The van der Waals surface area contributed by atoms with Gasteiger partial charge in [-0.3, -0.25) is 9.10 Å². The zero-order chi connectivity index (χ0) is 24.0. The largest absolute Gasteiger partial charge is 0.495 e. The number of benzene rings is 3. The van der Waals surface area contributed by atoms with Crippen molar-refractivity contribution in [3.05, 3.63) is 65.7 Å². The molecule has 3 aromatic rings. The van der Waals surface area contributed by atoms with Crippen molar-refractivity contribution in [2.45, 2.75) is 19.4 Å². The maximum atomic E-state index is 13.0. The van der Waals surface area contributed by atoms with Crippen LogP contribution in [0.15, 0.2) is 60.7 Å². The molecule has 1 unspecified atom stereocenters. The number of carbonyl (C=O) groups excluding carboxylic acids is 1. The van der Waals surface area contributed by atoms with Crippen molar-refractivity contribution in [2.24, 2.45) is 0 Å². The van der Waals surface area contributed by atoms with E-state index < -0.39 is 22.0 Å². The molecule has 0 bridgehead atoms. The van der Waals surface area contributed by atoms with Crippen molar-refractivity contribution in [3.63, 3.8) is 0 Å². The Balaban J connectivity index is 1.73. The lowest BCUT2D eigenvalue weighted by molar-refractivity contribution is -0.122. The monoisotopic (exact) mass is 490 g/mol. The highest BCUT2D eigenvalue weighted by Gasteiger charge is 2.33. The molecule has 1 N–H and O–H groups in total. The third kappa shape index (κ3) is 5.89. The van der Waals surface area contributed by atoms with Gasteiger partial charge in [0.1, 0.15) is 24.1 Å². The predicted octanol–water partition coefficient (Wildman–Crippen LogP) is 4.24. The molecule has 0 radical (unpaired) electrons. The standard InChI is InChI=1S/C24H27ClN2O5S/c1-4-20(27(33(3,29)30)21-16-18(25)12-13-23(21)31-2)24(28)26-14-15-32-22-11-7-9-17-8-5-6-10-19(17)22/h5-13,16,20H,4,14-15H2,1-3H3,(H,26,28). The molecule has 0 spiro atoms. The van der Waals surface area contributed by atoms with Crippen LogP contribution in [0.3, 0.4) is 0 Å². The van der Waals surface area contributed by atoms with Gasteiger partial charge in [-0.05, 0) is 36.1 Å². The highest BCUT2D eigenvalue weighted by molar-refractivity contribution is 7.92. The van der Waals surface area contributed by atoms with Gasteiger partial charge >= 0.3 is 0 Å². The summed E-state index contributed by atoms with van der Waals surface area (Å²) in [4.78, 5) is 13.0. The minimum absolute atomic E-state index is 0.210. The summed E-state index contributed by atoms with van der Waals surface area (Å²) < 4.78 is 37.6. The van der Waals surface area contributed by atoms with Crippen LogP contribution in [0.5, 0.6) is 11.5 Å². The topological polar surface area (TPSA) is 84.9 Å². The molecule has 1 amide bonds. The van der Waals surface area contributed by atoms with Crippen LogP contribution in [0.25, 0.3) is 10.8 Å². The SMILES string of the molecule is CCC(C(=O)NCCOc1cccc2ccccc12)N(c1cc(Cl)ccc1OC)S(C)(=O)=O. The Kier molecular flexibility index (Phi) is 8.05. The average molecular weight is 491 g/mol. The van der Waals surface area contributed by atoms with Crippen LogP contribution >= 0.6 is 11.6 Å². The number of nitrogens with zero attached hydrogens (tertiary/aromatic N) is 1. The van der Waals surface area contributed by atoms with E-state index in [1.165, 1.54) is 13.2 Å². The van der Waals surface area contributed by atoms with Crippen molar-refractivity contribution in [1.82, 2.24) is 5.32 Å². The number of anilines is 1. The molecular weight excluding hydrogens is 464 g/mol. The number of ether oxygens (including phenoxy) is 2. The first-order valence-corrected chi connectivity index (χ1v) is 12.7. The lowest BCUT2D eigenvalue weighted by atomic mass is 10.1. The highest BCUT2D eigenvalue weighted by Crippen LogP contribution is 2.34. The Morgan fingerprint density at radius 2 is 1.82 bits per heavy atom. The van der Waals surface area contributed by atoms with Gasteiger partial charge in [0, 0.05) is 10.4 Å². The average Bonchev–Trinajstić information content (AvgIpc) is 2.79. The number of methoxy groups -OCH3 is 1. The minimum atomic E-state index is -3.82. The molecule has 0 aliphatic rings. The molecule has 176 valence electrons. The summed E-state index contributed by atoms with van der Waals surface area (Å²) in [6.45, 7) is 2.18. The molecule has 0 aromatic heterocycles. The number of hydrogen-bond donors (Lipinski definition) is 1. The van der Waals surface area contributed by atoms with E-state index in [9.17, 15) is 13.2 Å². The summed E-state index contributed by atoms with van der Waals surface area (Å²) in [7, 11) is -2.39. The molecule has 0 saturated carbocycles. The molecule has 3 rings (SSSR count). The molecule has 0 aliphatic heterocycles. The number of carbonyl (C=O) groups is 1. The van der Waals surface area contributed by atoms with E-state index in [1.54, 1.807) is 19.1 Å². The second-order valence-electron chi connectivity index (χ2n) is 7.42. The van der Waals surface area contributed by atoms with E-state index >= 15 is 0 Å². The van der Waals surface area contributed by atoms with E-state index in [1.807, 2.05) is 42.5 Å². The predicted molar refractivity (Wildman–Crippen MR) is 132 cm³/mol. The number of halogens is 1. The molecule has 33 heavy (non-hydrogen) atoms. The van der Waals surface area contributed by atoms with Crippen LogP contribution < -0.4 is 19.1 Å². The number of rotatable bonds is 10. The van der Waals surface area contributed by atoms with Crippen molar-refractivity contribution < 1.29 is 22.7 Å². The molecule has 0 saturated heterocycles. The number of amides is 1. The first kappa shape index (κ1) is 24.7. The number of nitrogens with one attached hydrogen (secondary N) is 1. The van der Waals surface area contributed by atoms with Crippen LogP contribution in [0.2, 0.25) is 5.02 Å². The number of sulfonamides is 1. The van der Waals surface area contributed by atoms with Crippen LogP contribution in [0.4, 0.5) is 5.69 Å². The van der Waals surface area contributed by atoms with Gasteiger partial charge in [-0.25, -0.2) is 8.42 Å². The van der Waals surface area contributed by atoms with Gasteiger partial charge in [0.25, 0.3) is 0 Å². The van der Waals surface area contributed by atoms with Gasteiger partial charge in [0.15, 0.2) is 0 Å². The minimum Gasteiger partial charge on any atom is -0.495 e.